The van der Waals surface area contributed by atoms with Crippen LogP contribution in [0.4, 0.5) is 4.79 Å². The summed E-state index contributed by atoms with van der Waals surface area (Å²) in [6.45, 7) is 0.416. The quantitative estimate of drug-likeness (QED) is 0.318. The lowest BCUT2D eigenvalue weighted by Gasteiger charge is -1.99. The average molecular weight is 155 g/mol. The molecule has 11 heavy (non-hydrogen) atoms. The van der Waals surface area contributed by atoms with Gasteiger partial charge < -0.3 is 9.73 Å². The lowest BCUT2D eigenvalue weighted by Crippen LogP contribution is -2.39. The number of amides is 2. The molecule has 1 heterocycles. The van der Waals surface area contributed by atoms with Gasteiger partial charge in [0.05, 0.1) is 12.5 Å². The van der Waals surface area contributed by atoms with Gasteiger partial charge in [0.2, 0.25) is 0 Å². The minimum absolute atomic E-state index is 0.411. The summed E-state index contributed by atoms with van der Waals surface area (Å²) in [5, 5.41) is 2.50. The van der Waals surface area contributed by atoms with Crippen molar-refractivity contribution in [2.45, 2.75) is 6.54 Å². The molecule has 1 aromatic rings. The molecule has 0 spiro atoms. The highest BCUT2D eigenvalue weighted by atomic mass is 16.3. The molecule has 0 aliphatic carbocycles. The predicted molar refractivity (Wildman–Crippen MR) is 38.3 cm³/mol. The van der Waals surface area contributed by atoms with E-state index >= 15 is 0 Å². The molecule has 2 amide bonds. The Morgan fingerprint density at radius 2 is 2.55 bits per heavy atom. The van der Waals surface area contributed by atoms with Gasteiger partial charge in [0.25, 0.3) is 0 Å². The second kappa shape index (κ2) is 3.62. The molecular formula is C6H9N3O2. The van der Waals surface area contributed by atoms with E-state index in [2.05, 4.69) is 5.32 Å². The fraction of sp³-hybridized carbons (Fsp3) is 0.167. The van der Waals surface area contributed by atoms with Gasteiger partial charge in [-0.1, -0.05) is 0 Å². The lowest BCUT2D eigenvalue weighted by molar-refractivity contribution is 0.240. The number of rotatable bonds is 2. The highest BCUT2D eigenvalue weighted by Gasteiger charge is 1.96. The molecule has 0 unspecified atom stereocenters. The Labute approximate surface area is 63.5 Å². The maximum atomic E-state index is 10.5. The summed E-state index contributed by atoms with van der Waals surface area (Å²) < 4.78 is 4.78. The summed E-state index contributed by atoms with van der Waals surface area (Å²) in [6.07, 6.45) is 3.09. The summed E-state index contributed by atoms with van der Waals surface area (Å²) in [5.74, 6) is 4.83. The van der Waals surface area contributed by atoms with E-state index in [0.717, 1.165) is 5.56 Å². The molecule has 5 heteroatoms. The van der Waals surface area contributed by atoms with Gasteiger partial charge in [-0.15, -0.1) is 0 Å². The van der Waals surface area contributed by atoms with Crippen LogP contribution in [0.3, 0.4) is 0 Å². The third kappa shape index (κ3) is 2.30. The standard InChI is InChI=1S/C6H9N3O2/c7-9-6(10)8-3-5-1-2-11-4-5/h1-2,4H,3,7H2,(H2,8,9,10). The maximum Gasteiger partial charge on any atom is 0.329 e. The number of carbonyl (C=O) groups excluding carboxylic acids is 1. The van der Waals surface area contributed by atoms with Crippen molar-refractivity contribution in [2.75, 3.05) is 0 Å². The number of carbonyl (C=O) groups is 1. The van der Waals surface area contributed by atoms with E-state index in [1.54, 1.807) is 12.3 Å². The van der Waals surface area contributed by atoms with Gasteiger partial charge in [-0.25, -0.2) is 10.6 Å². The van der Waals surface area contributed by atoms with E-state index in [-0.39, 0.29) is 0 Å². The van der Waals surface area contributed by atoms with Crippen LogP contribution in [-0.2, 0) is 6.54 Å². The van der Waals surface area contributed by atoms with E-state index in [1.807, 2.05) is 5.43 Å². The number of hydrogen-bond acceptors (Lipinski definition) is 3. The molecule has 0 radical (unpaired) electrons. The largest absolute Gasteiger partial charge is 0.472 e. The van der Waals surface area contributed by atoms with Crippen LogP contribution in [0.5, 0.6) is 0 Å². The lowest BCUT2D eigenvalue weighted by atomic mass is 10.3. The molecule has 0 saturated carbocycles. The number of furan rings is 1. The number of hydrazine groups is 1. The van der Waals surface area contributed by atoms with E-state index in [0.29, 0.717) is 6.54 Å². The molecule has 60 valence electrons. The highest BCUT2D eigenvalue weighted by Crippen LogP contribution is 1.97. The van der Waals surface area contributed by atoms with Crippen molar-refractivity contribution in [3.8, 4) is 0 Å². The Morgan fingerprint density at radius 3 is 3.09 bits per heavy atom. The smallest absolute Gasteiger partial charge is 0.329 e. The van der Waals surface area contributed by atoms with E-state index in [1.165, 1.54) is 6.26 Å². The number of nitrogens with two attached hydrogens (primary N) is 1. The first-order chi connectivity index (χ1) is 5.33. The second-order valence-corrected chi connectivity index (χ2v) is 1.96. The molecule has 1 aromatic heterocycles. The fourth-order valence-electron chi connectivity index (χ4n) is 0.627. The Hall–Kier alpha value is -1.49. The summed E-state index contributed by atoms with van der Waals surface area (Å²) in [6, 6.07) is 1.35. The summed E-state index contributed by atoms with van der Waals surface area (Å²) in [5.41, 5.74) is 2.84. The van der Waals surface area contributed by atoms with Crippen LogP contribution >= 0.6 is 0 Å². The molecule has 0 aliphatic heterocycles. The topological polar surface area (TPSA) is 80.3 Å². The van der Waals surface area contributed by atoms with Crippen molar-refractivity contribution in [1.29, 1.82) is 0 Å². The van der Waals surface area contributed by atoms with Gasteiger partial charge in [-0.3, -0.25) is 5.43 Å². The van der Waals surface area contributed by atoms with Gasteiger partial charge >= 0.3 is 6.03 Å². The summed E-state index contributed by atoms with van der Waals surface area (Å²) in [7, 11) is 0. The third-order valence-electron chi connectivity index (χ3n) is 1.16. The van der Waals surface area contributed by atoms with Gasteiger partial charge in [-0.05, 0) is 6.07 Å². The van der Waals surface area contributed by atoms with Gasteiger partial charge in [-0.2, -0.15) is 0 Å². The van der Waals surface area contributed by atoms with Crippen LogP contribution in [0.2, 0.25) is 0 Å². The molecule has 0 fully saturated rings. The molecule has 0 aliphatic rings. The van der Waals surface area contributed by atoms with Crippen molar-refractivity contribution >= 4 is 6.03 Å². The maximum absolute atomic E-state index is 10.5. The van der Waals surface area contributed by atoms with Crippen LogP contribution in [0, 0.1) is 0 Å². The Morgan fingerprint density at radius 1 is 1.73 bits per heavy atom. The number of nitrogens with one attached hydrogen (secondary N) is 2. The molecule has 0 saturated heterocycles. The van der Waals surface area contributed by atoms with Crippen molar-refractivity contribution < 1.29 is 9.21 Å². The van der Waals surface area contributed by atoms with Crippen LogP contribution in [0.15, 0.2) is 23.0 Å². The molecule has 1 rings (SSSR count). The average Bonchev–Trinajstić information content (AvgIpc) is 2.52. The minimum atomic E-state index is -0.411. The number of hydrogen-bond donors (Lipinski definition) is 3. The van der Waals surface area contributed by atoms with Gasteiger partial charge in [0.15, 0.2) is 0 Å². The molecule has 5 nitrogen and oxygen atoms in total. The van der Waals surface area contributed by atoms with Crippen molar-refractivity contribution in [3.05, 3.63) is 24.2 Å². The minimum Gasteiger partial charge on any atom is -0.472 e. The Bertz CT molecular complexity index is 220. The zero-order valence-corrected chi connectivity index (χ0v) is 5.83. The summed E-state index contributed by atoms with van der Waals surface area (Å²) >= 11 is 0. The molecule has 0 bridgehead atoms. The Kier molecular flexibility index (Phi) is 2.51. The summed E-state index contributed by atoms with van der Waals surface area (Å²) in [4.78, 5) is 10.5. The molecule has 0 atom stereocenters. The molecule has 0 aromatic carbocycles. The predicted octanol–water partition coefficient (Wildman–Crippen LogP) is -0.0475. The van der Waals surface area contributed by atoms with Crippen LogP contribution in [-0.4, -0.2) is 6.03 Å². The van der Waals surface area contributed by atoms with Gasteiger partial charge in [0, 0.05) is 12.1 Å². The molecular weight excluding hydrogens is 146 g/mol. The van der Waals surface area contributed by atoms with Crippen LogP contribution in [0.25, 0.3) is 0 Å². The first-order valence-electron chi connectivity index (χ1n) is 3.08. The fourth-order valence-corrected chi connectivity index (χ4v) is 0.627. The zero-order chi connectivity index (χ0) is 8.10. The third-order valence-corrected chi connectivity index (χ3v) is 1.16. The highest BCUT2D eigenvalue weighted by molar-refractivity contribution is 5.72. The number of urea groups is 1. The first-order valence-corrected chi connectivity index (χ1v) is 3.08. The van der Waals surface area contributed by atoms with Crippen molar-refractivity contribution in [1.82, 2.24) is 10.7 Å². The monoisotopic (exact) mass is 155 g/mol. The van der Waals surface area contributed by atoms with Crippen LogP contribution < -0.4 is 16.6 Å². The second-order valence-electron chi connectivity index (χ2n) is 1.96. The van der Waals surface area contributed by atoms with Crippen molar-refractivity contribution in [2.24, 2.45) is 5.84 Å². The molecule has 4 N–H and O–H groups in total. The first kappa shape index (κ1) is 7.62. The van der Waals surface area contributed by atoms with E-state index in [4.69, 9.17) is 10.3 Å². The normalized spacial score (nSPS) is 9.18. The Balaban J connectivity index is 2.29. The van der Waals surface area contributed by atoms with E-state index < -0.39 is 6.03 Å². The van der Waals surface area contributed by atoms with Gasteiger partial charge in [0.1, 0.15) is 0 Å². The SMILES string of the molecule is NNC(=O)NCc1ccoc1. The van der Waals surface area contributed by atoms with E-state index in [9.17, 15) is 4.79 Å². The van der Waals surface area contributed by atoms with Crippen LogP contribution in [0.1, 0.15) is 5.56 Å². The zero-order valence-electron chi connectivity index (χ0n) is 5.83. The van der Waals surface area contributed by atoms with Crippen molar-refractivity contribution in [3.63, 3.8) is 0 Å².